The first-order valence-electron chi connectivity index (χ1n) is 9.93. The number of ether oxygens (including phenoxy) is 1. The quantitative estimate of drug-likeness (QED) is 0.596. The van der Waals surface area contributed by atoms with E-state index in [1.807, 2.05) is 25.1 Å². The molecule has 1 aliphatic carbocycles. The lowest BCUT2D eigenvalue weighted by atomic mass is 10.2. The Kier molecular flexibility index (Phi) is 6.06. The molecule has 2 N–H and O–H groups in total. The molecule has 3 aromatic heterocycles. The highest BCUT2D eigenvalue weighted by Crippen LogP contribution is 2.25. The van der Waals surface area contributed by atoms with Crippen molar-refractivity contribution in [2.24, 2.45) is 0 Å². The monoisotopic (exact) mass is 428 g/mol. The van der Waals surface area contributed by atoms with Gasteiger partial charge in [-0.15, -0.1) is 0 Å². The summed E-state index contributed by atoms with van der Waals surface area (Å²) in [5.41, 5.74) is 1.40. The van der Waals surface area contributed by atoms with Crippen LogP contribution in [0.4, 0.5) is 20.5 Å². The smallest absolute Gasteiger partial charge is 0.387 e. The molecule has 4 rings (SSSR count). The number of hydrogen-bond donors (Lipinski definition) is 2. The van der Waals surface area contributed by atoms with Gasteiger partial charge in [0.25, 0.3) is 5.56 Å². The summed E-state index contributed by atoms with van der Waals surface area (Å²) in [6, 6.07) is 9.15. The second kappa shape index (κ2) is 9.07. The van der Waals surface area contributed by atoms with Crippen molar-refractivity contribution in [1.82, 2.24) is 19.5 Å². The molecule has 0 aromatic carbocycles. The van der Waals surface area contributed by atoms with E-state index in [1.165, 1.54) is 18.5 Å². The number of nitrogens with zero attached hydrogens (tertiary/aromatic N) is 4. The Bertz CT molecular complexity index is 1090. The molecule has 1 fully saturated rings. The average Bonchev–Trinajstić information content (AvgIpc) is 3.17. The number of rotatable bonds is 7. The van der Waals surface area contributed by atoms with E-state index in [1.54, 1.807) is 16.8 Å². The van der Waals surface area contributed by atoms with Gasteiger partial charge in [0.1, 0.15) is 5.82 Å². The van der Waals surface area contributed by atoms with Crippen molar-refractivity contribution in [1.29, 1.82) is 0 Å². The van der Waals surface area contributed by atoms with Gasteiger partial charge in [-0.25, -0.2) is 15.0 Å². The van der Waals surface area contributed by atoms with Gasteiger partial charge >= 0.3 is 6.61 Å². The van der Waals surface area contributed by atoms with Crippen molar-refractivity contribution in [2.45, 2.75) is 44.9 Å². The van der Waals surface area contributed by atoms with Crippen molar-refractivity contribution < 1.29 is 13.5 Å². The lowest BCUT2D eigenvalue weighted by Crippen LogP contribution is -2.22. The van der Waals surface area contributed by atoms with Crippen LogP contribution < -0.4 is 20.9 Å². The third-order valence-electron chi connectivity index (χ3n) is 5.11. The molecule has 0 saturated heterocycles. The summed E-state index contributed by atoms with van der Waals surface area (Å²) < 4.78 is 30.2. The van der Waals surface area contributed by atoms with Gasteiger partial charge in [-0.2, -0.15) is 8.78 Å². The molecule has 0 bridgehead atoms. The Morgan fingerprint density at radius 2 is 1.84 bits per heavy atom. The van der Waals surface area contributed by atoms with E-state index < -0.39 is 6.61 Å². The number of nitrogens with one attached hydrogen (secondary N) is 2. The topological polar surface area (TPSA) is 94.0 Å². The molecule has 31 heavy (non-hydrogen) atoms. The van der Waals surface area contributed by atoms with Crippen LogP contribution >= 0.6 is 0 Å². The molecular weight excluding hydrogens is 406 g/mol. The predicted octanol–water partition coefficient (Wildman–Crippen LogP) is 3.38. The Hall–Kier alpha value is -3.56. The molecule has 0 aliphatic heterocycles. The van der Waals surface area contributed by atoms with Crippen LogP contribution in [-0.2, 0) is 0 Å². The first-order chi connectivity index (χ1) is 15.0. The normalized spacial score (nSPS) is 18.2. The lowest BCUT2D eigenvalue weighted by molar-refractivity contribution is -0.0503. The van der Waals surface area contributed by atoms with Crippen LogP contribution in [0, 0.1) is 6.92 Å². The minimum Gasteiger partial charge on any atom is -0.432 e. The van der Waals surface area contributed by atoms with Crippen LogP contribution in [0.5, 0.6) is 5.75 Å². The second-order valence-corrected chi connectivity index (χ2v) is 7.33. The molecule has 162 valence electrons. The second-order valence-electron chi connectivity index (χ2n) is 7.33. The number of halogens is 2. The van der Waals surface area contributed by atoms with E-state index in [2.05, 4.69) is 30.3 Å². The van der Waals surface area contributed by atoms with E-state index in [-0.39, 0.29) is 23.4 Å². The lowest BCUT2D eigenvalue weighted by Gasteiger charge is -2.16. The molecule has 3 heterocycles. The maximum Gasteiger partial charge on any atom is 0.387 e. The van der Waals surface area contributed by atoms with E-state index >= 15 is 0 Å². The molecule has 0 spiro atoms. The van der Waals surface area contributed by atoms with Crippen molar-refractivity contribution in [3.05, 3.63) is 65.0 Å². The summed E-state index contributed by atoms with van der Waals surface area (Å²) in [5.74, 6) is 1.05. The summed E-state index contributed by atoms with van der Waals surface area (Å²) >= 11 is 0. The average molecular weight is 428 g/mol. The fraction of sp³-hybridized carbons (Fsp3) is 0.333. The van der Waals surface area contributed by atoms with Crippen molar-refractivity contribution in [2.75, 3.05) is 10.6 Å². The fourth-order valence-electron chi connectivity index (χ4n) is 3.70. The number of aryl methyl sites for hydroxylation is 1. The summed E-state index contributed by atoms with van der Waals surface area (Å²) in [7, 11) is 0. The van der Waals surface area contributed by atoms with Crippen LogP contribution in [0.15, 0.2) is 53.7 Å². The molecule has 1 saturated carbocycles. The fourth-order valence-corrected chi connectivity index (χ4v) is 3.70. The van der Waals surface area contributed by atoms with Crippen LogP contribution in [0.3, 0.4) is 0 Å². The highest BCUT2D eigenvalue weighted by Gasteiger charge is 2.25. The van der Waals surface area contributed by atoms with Gasteiger partial charge in [0, 0.05) is 24.3 Å². The van der Waals surface area contributed by atoms with Gasteiger partial charge in [-0.3, -0.25) is 9.36 Å². The Labute approximate surface area is 177 Å². The highest BCUT2D eigenvalue weighted by atomic mass is 19.3. The Balaban J connectivity index is 1.34. The highest BCUT2D eigenvalue weighted by molar-refractivity contribution is 5.46. The summed E-state index contributed by atoms with van der Waals surface area (Å²) in [6.45, 7) is -1.03. The molecule has 8 nitrogen and oxygen atoms in total. The van der Waals surface area contributed by atoms with Crippen molar-refractivity contribution >= 4 is 11.8 Å². The Morgan fingerprint density at radius 3 is 2.52 bits per heavy atom. The van der Waals surface area contributed by atoms with E-state index in [0.717, 1.165) is 36.5 Å². The Morgan fingerprint density at radius 1 is 1.10 bits per heavy atom. The molecule has 1 aliphatic rings. The maximum absolute atomic E-state index is 12.2. The van der Waals surface area contributed by atoms with Gasteiger partial charge in [0.2, 0.25) is 5.95 Å². The zero-order valence-corrected chi connectivity index (χ0v) is 16.8. The number of aromatic nitrogens is 4. The minimum atomic E-state index is -2.90. The van der Waals surface area contributed by atoms with E-state index in [4.69, 9.17) is 0 Å². The first-order valence-corrected chi connectivity index (χ1v) is 9.93. The first kappa shape index (κ1) is 20.7. The number of hydrogen-bond acceptors (Lipinski definition) is 7. The summed E-state index contributed by atoms with van der Waals surface area (Å²) in [4.78, 5) is 24.7. The maximum atomic E-state index is 12.2. The zero-order chi connectivity index (χ0) is 21.8. The van der Waals surface area contributed by atoms with Crippen LogP contribution in [0.25, 0.3) is 5.69 Å². The summed E-state index contributed by atoms with van der Waals surface area (Å²) in [5, 5.41) is 6.66. The van der Waals surface area contributed by atoms with Crippen molar-refractivity contribution in [3.8, 4) is 11.4 Å². The number of alkyl halides is 2. The third kappa shape index (κ3) is 5.14. The molecule has 0 unspecified atom stereocenters. The molecule has 2 atom stereocenters. The van der Waals surface area contributed by atoms with Crippen molar-refractivity contribution in [3.63, 3.8) is 0 Å². The zero-order valence-electron chi connectivity index (χ0n) is 16.8. The predicted molar refractivity (Wildman–Crippen MR) is 112 cm³/mol. The largest absolute Gasteiger partial charge is 0.432 e. The third-order valence-corrected chi connectivity index (χ3v) is 5.11. The molecular formula is C21H22F2N6O2. The SMILES string of the molecule is Cc1nc(N[C@H]2CC[C@H](Nc3ncc(OC(F)F)cn3)C2)ccc1-n1ccccc1=O. The van der Waals surface area contributed by atoms with E-state index in [9.17, 15) is 13.6 Å². The molecule has 0 radical (unpaired) electrons. The minimum absolute atomic E-state index is 0.0748. The van der Waals surface area contributed by atoms with Gasteiger partial charge in [-0.1, -0.05) is 6.07 Å². The molecule has 0 amide bonds. The number of pyridine rings is 2. The molecule has 10 heteroatoms. The standard InChI is InChI=1S/C21H22F2N6O2/c1-13-17(29-9-3-2-4-19(29)30)7-8-18(26-13)27-14-5-6-15(10-14)28-21-24-11-16(12-25-21)31-20(22)23/h2-4,7-9,11-12,14-15,20H,5-6,10H2,1H3,(H,26,27)(H,24,25,28)/t14-,15-/m0/s1. The van der Waals surface area contributed by atoms with Crippen LogP contribution in [-0.4, -0.2) is 38.2 Å². The van der Waals surface area contributed by atoms with E-state index in [0.29, 0.717) is 5.95 Å². The van der Waals surface area contributed by atoms with Crippen LogP contribution in [0.1, 0.15) is 25.0 Å². The van der Waals surface area contributed by atoms with Crippen LogP contribution in [0.2, 0.25) is 0 Å². The van der Waals surface area contributed by atoms with Gasteiger partial charge in [0.15, 0.2) is 5.75 Å². The molecule has 3 aromatic rings. The summed E-state index contributed by atoms with van der Waals surface area (Å²) in [6.07, 6.45) is 6.84. The number of anilines is 2. The van der Waals surface area contributed by atoms with Gasteiger partial charge in [-0.05, 0) is 44.4 Å². The van der Waals surface area contributed by atoms with Gasteiger partial charge in [0.05, 0.1) is 23.8 Å². The van der Waals surface area contributed by atoms with Gasteiger partial charge < -0.3 is 15.4 Å².